The summed E-state index contributed by atoms with van der Waals surface area (Å²) in [6, 6.07) is 11.2. The van der Waals surface area contributed by atoms with Gasteiger partial charge in [0.15, 0.2) is 5.54 Å². The molecule has 6 nitrogen and oxygen atoms in total. The molecule has 0 saturated heterocycles. The standard InChI is InChI=1S/C23H24N2O4/c1-21(2,26)10-9-14-5-7-18-16(11-14)23(13-28-20(24)25-23)17-12-15(22(3,4)27)6-8-19(17)29-18/h5-8,11-12,26-27H,13H2,1-4H3,(H2,24,25). The Morgan fingerprint density at radius 2 is 1.69 bits per heavy atom. The minimum absolute atomic E-state index is 0.102. The number of nitrogens with two attached hydrogens (primary N) is 1. The second kappa shape index (κ2) is 6.24. The molecular weight excluding hydrogens is 368 g/mol. The first-order valence-electron chi connectivity index (χ1n) is 9.41. The molecule has 0 amide bonds. The lowest BCUT2D eigenvalue weighted by Crippen LogP contribution is -2.32. The number of aliphatic hydroxyl groups is 2. The number of rotatable bonds is 1. The van der Waals surface area contributed by atoms with E-state index in [0.29, 0.717) is 11.5 Å². The molecule has 1 unspecified atom stereocenters. The van der Waals surface area contributed by atoms with Gasteiger partial charge < -0.3 is 25.4 Å². The maximum Gasteiger partial charge on any atom is 0.283 e. The van der Waals surface area contributed by atoms with E-state index in [1.807, 2.05) is 36.4 Å². The van der Waals surface area contributed by atoms with Crippen LogP contribution in [0.1, 0.15) is 49.9 Å². The topological polar surface area (TPSA) is 97.3 Å². The van der Waals surface area contributed by atoms with Gasteiger partial charge in [-0.2, -0.15) is 0 Å². The lowest BCUT2D eigenvalue weighted by molar-refractivity contribution is 0.0783. The van der Waals surface area contributed by atoms with Crippen molar-refractivity contribution in [1.29, 1.82) is 0 Å². The summed E-state index contributed by atoms with van der Waals surface area (Å²) in [5.74, 6) is 7.10. The van der Waals surface area contributed by atoms with Crippen LogP contribution in [0.4, 0.5) is 0 Å². The van der Waals surface area contributed by atoms with Crippen molar-refractivity contribution < 1.29 is 19.7 Å². The maximum absolute atomic E-state index is 10.5. The van der Waals surface area contributed by atoms with Gasteiger partial charge in [-0.05, 0) is 63.6 Å². The van der Waals surface area contributed by atoms with Crippen LogP contribution in [-0.2, 0) is 15.9 Å². The van der Waals surface area contributed by atoms with E-state index in [1.54, 1.807) is 27.7 Å². The number of hydrogen-bond acceptors (Lipinski definition) is 6. The second-order valence-electron chi connectivity index (χ2n) is 8.49. The largest absolute Gasteiger partial charge is 0.462 e. The quantitative estimate of drug-likeness (QED) is 0.649. The average molecular weight is 392 g/mol. The molecule has 4 N–H and O–H groups in total. The molecule has 150 valence electrons. The van der Waals surface area contributed by atoms with Crippen molar-refractivity contribution in [2.75, 3.05) is 6.61 Å². The van der Waals surface area contributed by atoms with Crippen molar-refractivity contribution in [3.05, 3.63) is 58.7 Å². The number of fused-ring (bicyclic) bond motifs is 4. The second-order valence-corrected chi connectivity index (χ2v) is 8.49. The van der Waals surface area contributed by atoms with Crippen LogP contribution in [0.2, 0.25) is 0 Å². The lowest BCUT2D eigenvalue weighted by atomic mass is 9.79. The molecule has 2 aromatic carbocycles. The van der Waals surface area contributed by atoms with Gasteiger partial charge in [0.2, 0.25) is 0 Å². The van der Waals surface area contributed by atoms with Crippen LogP contribution < -0.4 is 10.5 Å². The SMILES string of the molecule is CC(C)(O)C#Cc1ccc2c(c1)C1(COC(N)=N1)c1cc(C(C)(C)O)ccc1O2. The number of hydrogen-bond donors (Lipinski definition) is 3. The molecule has 0 aliphatic carbocycles. The summed E-state index contributed by atoms with van der Waals surface area (Å²) in [7, 11) is 0. The highest BCUT2D eigenvalue weighted by Gasteiger charge is 2.47. The van der Waals surface area contributed by atoms with Gasteiger partial charge in [0.25, 0.3) is 6.02 Å². The maximum atomic E-state index is 10.5. The van der Waals surface area contributed by atoms with Gasteiger partial charge in [-0.15, -0.1) is 0 Å². The number of benzene rings is 2. The fourth-order valence-corrected chi connectivity index (χ4v) is 3.54. The van der Waals surface area contributed by atoms with Crippen LogP contribution in [0.3, 0.4) is 0 Å². The van der Waals surface area contributed by atoms with Gasteiger partial charge in [-0.3, -0.25) is 0 Å². The van der Waals surface area contributed by atoms with Gasteiger partial charge in [0.05, 0.1) is 5.60 Å². The molecule has 0 bridgehead atoms. The van der Waals surface area contributed by atoms with Gasteiger partial charge in [0, 0.05) is 16.7 Å². The fraction of sp³-hybridized carbons (Fsp3) is 0.348. The fourth-order valence-electron chi connectivity index (χ4n) is 3.54. The van der Waals surface area contributed by atoms with Crippen LogP contribution in [-0.4, -0.2) is 28.4 Å². The Balaban J connectivity index is 1.92. The van der Waals surface area contributed by atoms with Crippen LogP contribution in [0.25, 0.3) is 0 Å². The summed E-state index contributed by atoms with van der Waals surface area (Å²) >= 11 is 0. The predicted octanol–water partition coefficient (Wildman–Crippen LogP) is 2.73. The zero-order chi connectivity index (χ0) is 21.0. The van der Waals surface area contributed by atoms with Crippen LogP contribution in [0, 0.1) is 11.8 Å². The Hall–Kier alpha value is -3.01. The third-order valence-electron chi connectivity index (χ3n) is 5.02. The van der Waals surface area contributed by atoms with Gasteiger partial charge >= 0.3 is 0 Å². The molecule has 1 atom stereocenters. The normalized spacial score (nSPS) is 20.0. The van der Waals surface area contributed by atoms with E-state index in [4.69, 9.17) is 15.2 Å². The average Bonchev–Trinajstić information content (AvgIpc) is 3.01. The molecule has 29 heavy (non-hydrogen) atoms. The number of amidine groups is 1. The number of nitrogens with zero attached hydrogens (tertiary/aromatic N) is 1. The summed E-state index contributed by atoms with van der Waals surface area (Å²) in [5, 5.41) is 20.4. The highest BCUT2D eigenvalue weighted by Crippen LogP contribution is 2.51. The first-order valence-corrected chi connectivity index (χ1v) is 9.41. The van der Waals surface area contributed by atoms with E-state index in [-0.39, 0.29) is 12.6 Å². The summed E-state index contributed by atoms with van der Waals surface area (Å²) in [5.41, 5.74) is 5.91. The van der Waals surface area contributed by atoms with Crippen molar-refractivity contribution in [1.82, 2.24) is 0 Å². The van der Waals surface area contributed by atoms with E-state index >= 15 is 0 Å². The van der Waals surface area contributed by atoms with Gasteiger partial charge in [0.1, 0.15) is 23.7 Å². The molecule has 2 aromatic rings. The minimum Gasteiger partial charge on any atom is -0.462 e. The van der Waals surface area contributed by atoms with Crippen LogP contribution in [0.15, 0.2) is 41.4 Å². The van der Waals surface area contributed by atoms with E-state index in [0.717, 1.165) is 22.3 Å². The summed E-state index contributed by atoms with van der Waals surface area (Å²) in [4.78, 5) is 4.65. The summed E-state index contributed by atoms with van der Waals surface area (Å²) in [6.45, 7) is 6.94. The first kappa shape index (κ1) is 19.3. The molecule has 0 saturated carbocycles. The Morgan fingerprint density at radius 3 is 2.28 bits per heavy atom. The monoisotopic (exact) mass is 392 g/mol. The van der Waals surface area contributed by atoms with Crippen molar-refractivity contribution in [3.8, 4) is 23.3 Å². The molecular formula is C23H24N2O4. The minimum atomic E-state index is -1.10. The van der Waals surface area contributed by atoms with E-state index < -0.39 is 16.7 Å². The Bertz CT molecular complexity index is 1080. The van der Waals surface area contributed by atoms with Crippen LogP contribution in [0.5, 0.6) is 11.5 Å². The molecule has 0 radical (unpaired) electrons. The van der Waals surface area contributed by atoms with Crippen molar-refractivity contribution in [2.24, 2.45) is 10.7 Å². The lowest BCUT2D eigenvalue weighted by Gasteiger charge is -2.34. The highest BCUT2D eigenvalue weighted by molar-refractivity contribution is 5.77. The molecule has 6 heteroatoms. The molecule has 0 fully saturated rings. The Kier molecular flexibility index (Phi) is 4.16. The highest BCUT2D eigenvalue weighted by atomic mass is 16.5. The van der Waals surface area contributed by atoms with E-state index in [2.05, 4.69) is 16.8 Å². The number of aliphatic imine (C=N–C) groups is 1. The van der Waals surface area contributed by atoms with Gasteiger partial charge in [-0.25, -0.2) is 4.99 Å². The van der Waals surface area contributed by atoms with Crippen molar-refractivity contribution in [3.63, 3.8) is 0 Å². The Labute approximate surface area is 170 Å². The van der Waals surface area contributed by atoms with Crippen molar-refractivity contribution >= 4 is 6.02 Å². The summed E-state index contributed by atoms with van der Waals surface area (Å²) < 4.78 is 11.7. The number of ether oxygens (including phenoxy) is 2. The summed E-state index contributed by atoms with van der Waals surface area (Å²) in [6.07, 6.45) is 0. The molecule has 1 spiro atoms. The van der Waals surface area contributed by atoms with E-state index in [1.165, 1.54) is 0 Å². The molecule has 2 aliphatic heterocycles. The van der Waals surface area contributed by atoms with E-state index in [9.17, 15) is 10.2 Å². The molecule has 4 rings (SSSR count). The predicted molar refractivity (Wildman–Crippen MR) is 110 cm³/mol. The zero-order valence-electron chi connectivity index (χ0n) is 16.9. The van der Waals surface area contributed by atoms with Gasteiger partial charge in [-0.1, -0.05) is 17.9 Å². The Morgan fingerprint density at radius 1 is 1.03 bits per heavy atom. The van der Waals surface area contributed by atoms with Crippen LogP contribution >= 0.6 is 0 Å². The zero-order valence-corrected chi connectivity index (χ0v) is 16.9. The third kappa shape index (κ3) is 3.44. The molecule has 0 aromatic heterocycles. The smallest absolute Gasteiger partial charge is 0.283 e. The molecule has 2 aliphatic rings. The molecule has 2 heterocycles. The van der Waals surface area contributed by atoms with Crippen molar-refractivity contribution in [2.45, 2.75) is 44.4 Å². The third-order valence-corrected chi connectivity index (χ3v) is 5.02. The first-order chi connectivity index (χ1) is 13.5.